The summed E-state index contributed by atoms with van der Waals surface area (Å²) < 4.78 is -1.80. The molecule has 2 aliphatic rings. The van der Waals surface area contributed by atoms with Crippen LogP contribution >= 0.6 is 23.2 Å². The lowest BCUT2D eigenvalue weighted by molar-refractivity contribution is -0.150. The second kappa shape index (κ2) is 4.01. The van der Waals surface area contributed by atoms with E-state index in [9.17, 15) is 15.0 Å². The zero-order valence-electron chi connectivity index (χ0n) is 9.88. The number of carbonyl (C=O) groups is 1. The fraction of sp³-hybridized carbons (Fsp3) is 0.917. The van der Waals surface area contributed by atoms with Crippen LogP contribution in [0.15, 0.2) is 0 Å². The second-order valence-corrected chi connectivity index (χ2v) is 7.26. The van der Waals surface area contributed by atoms with Crippen molar-refractivity contribution in [2.24, 2.45) is 11.3 Å². The highest BCUT2D eigenvalue weighted by atomic mass is 35.5. The van der Waals surface area contributed by atoms with Gasteiger partial charge in [-0.05, 0) is 44.4 Å². The number of hydrogen-bond acceptors (Lipinski definition) is 2. The lowest BCUT2D eigenvalue weighted by atomic mass is 9.55. The molecule has 3 atom stereocenters. The first-order valence-electron chi connectivity index (χ1n) is 6.04. The molecule has 2 fully saturated rings. The molecule has 5 heteroatoms. The summed E-state index contributed by atoms with van der Waals surface area (Å²) in [5, 5.41) is 19.7. The van der Waals surface area contributed by atoms with Gasteiger partial charge in [0.2, 0.25) is 4.33 Å². The van der Waals surface area contributed by atoms with E-state index in [1.165, 1.54) is 0 Å². The standard InChI is InChI=1S/C12H18Cl2O3/c1-8-5-10(12(13,14)9(15)16)3-2-4-11(17,6-8)7-10/h8,17H,2-7H2,1H3,(H,15,16). The molecule has 98 valence electrons. The number of carboxylic acid groups (broad SMARTS) is 1. The van der Waals surface area contributed by atoms with Crippen molar-refractivity contribution in [3.63, 3.8) is 0 Å². The fourth-order valence-corrected chi connectivity index (χ4v) is 4.40. The third-order valence-electron chi connectivity index (χ3n) is 4.37. The molecule has 0 aromatic carbocycles. The van der Waals surface area contributed by atoms with Gasteiger partial charge in [-0.1, -0.05) is 30.1 Å². The van der Waals surface area contributed by atoms with E-state index in [1.807, 2.05) is 6.92 Å². The summed E-state index contributed by atoms with van der Waals surface area (Å²) >= 11 is 12.2. The minimum absolute atomic E-state index is 0.255. The lowest BCUT2D eigenvalue weighted by Gasteiger charge is -2.55. The smallest absolute Gasteiger partial charge is 0.340 e. The number of alkyl halides is 2. The second-order valence-electron chi connectivity index (χ2n) is 5.93. The lowest BCUT2D eigenvalue weighted by Crippen LogP contribution is -2.57. The minimum Gasteiger partial charge on any atom is -0.479 e. The average Bonchev–Trinajstić information content (AvgIpc) is 2.14. The zero-order valence-corrected chi connectivity index (χ0v) is 11.4. The highest BCUT2D eigenvalue weighted by molar-refractivity contribution is 6.57. The number of hydrogen-bond donors (Lipinski definition) is 2. The molecule has 3 unspecified atom stereocenters. The molecule has 2 aliphatic carbocycles. The van der Waals surface area contributed by atoms with Crippen molar-refractivity contribution in [3.05, 3.63) is 0 Å². The Morgan fingerprint density at radius 3 is 2.59 bits per heavy atom. The summed E-state index contributed by atoms with van der Waals surface area (Å²) in [5.41, 5.74) is -1.47. The predicted octanol–water partition coefficient (Wildman–Crippen LogP) is 2.97. The monoisotopic (exact) mass is 280 g/mol. The highest BCUT2D eigenvalue weighted by Crippen LogP contribution is 2.61. The van der Waals surface area contributed by atoms with Gasteiger partial charge in [0.1, 0.15) is 0 Å². The molecule has 0 aromatic rings. The van der Waals surface area contributed by atoms with Crippen molar-refractivity contribution in [2.45, 2.75) is 55.4 Å². The van der Waals surface area contributed by atoms with E-state index in [2.05, 4.69) is 0 Å². The van der Waals surface area contributed by atoms with Crippen LogP contribution in [0.5, 0.6) is 0 Å². The average molecular weight is 281 g/mol. The molecule has 0 aliphatic heterocycles. The molecule has 0 aromatic heterocycles. The highest BCUT2D eigenvalue weighted by Gasteiger charge is 2.61. The van der Waals surface area contributed by atoms with Crippen molar-refractivity contribution in [3.8, 4) is 0 Å². The SMILES string of the molecule is CC1CC2(O)CCCC(C(Cl)(Cl)C(=O)O)(C1)C2. The molecule has 0 heterocycles. The van der Waals surface area contributed by atoms with Crippen LogP contribution in [-0.4, -0.2) is 26.1 Å². The minimum atomic E-state index is -1.80. The zero-order chi connectivity index (χ0) is 12.9. The van der Waals surface area contributed by atoms with Gasteiger partial charge < -0.3 is 10.2 Å². The van der Waals surface area contributed by atoms with Crippen LogP contribution in [0.25, 0.3) is 0 Å². The Bertz CT molecular complexity index is 345. The number of aliphatic hydroxyl groups is 1. The van der Waals surface area contributed by atoms with E-state index in [-0.39, 0.29) is 5.92 Å². The molecule has 2 bridgehead atoms. The molecular formula is C12H18Cl2O3. The molecular weight excluding hydrogens is 263 g/mol. The molecule has 0 amide bonds. The Kier molecular flexibility index (Phi) is 3.17. The summed E-state index contributed by atoms with van der Waals surface area (Å²) in [6, 6.07) is 0. The Morgan fingerprint density at radius 2 is 2.00 bits per heavy atom. The number of aliphatic carboxylic acids is 1. The van der Waals surface area contributed by atoms with Gasteiger partial charge in [0.15, 0.2) is 0 Å². The quantitative estimate of drug-likeness (QED) is 0.765. The summed E-state index contributed by atoms with van der Waals surface area (Å²) in [4.78, 5) is 11.3. The van der Waals surface area contributed by atoms with Crippen molar-refractivity contribution >= 4 is 29.2 Å². The Labute approximate surface area is 111 Å². The summed E-state index contributed by atoms with van der Waals surface area (Å²) in [6.45, 7) is 2.02. The van der Waals surface area contributed by atoms with Gasteiger partial charge in [-0.25, -0.2) is 4.79 Å². The van der Waals surface area contributed by atoms with E-state index >= 15 is 0 Å². The topological polar surface area (TPSA) is 57.5 Å². The molecule has 2 saturated carbocycles. The number of halogens is 2. The van der Waals surface area contributed by atoms with Crippen molar-refractivity contribution in [1.82, 2.24) is 0 Å². The van der Waals surface area contributed by atoms with Crippen LogP contribution in [0, 0.1) is 11.3 Å². The van der Waals surface area contributed by atoms with Gasteiger partial charge in [-0.3, -0.25) is 0 Å². The van der Waals surface area contributed by atoms with Gasteiger partial charge in [0.25, 0.3) is 0 Å². The van der Waals surface area contributed by atoms with Crippen molar-refractivity contribution < 1.29 is 15.0 Å². The van der Waals surface area contributed by atoms with E-state index in [1.54, 1.807) is 0 Å². The van der Waals surface area contributed by atoms with E-state index in [0.29, 0.717) is 19.3 Å². The number of carboxylic acids is 1. The summed E-state index contributed by atoms with van der Waals surface area (Å²) in [5.74, 6) is -0.940. The largest absolute Gasteiger partial charge is 0.479 e. The predicted molar refractivity (Wildman–Crippen MR) is 66.3 cm³/mol. The van der Waals surface area contributed by atoms with Crippen molar-refractivity contribution in [1.29, 1.82) is 0 Å². The molecule has 17 heavy (non-hydrogen) atoms. The van der Waals surface area contributed by atoms with Gasteiger partial charge >= 0.3 is 5.97 Å². The van der Waals surface area contributed by atoms with Crippen LogP contribution in [0.2, 0.25) is 0 Å². The molecule has 2 N–H and O–H groups in total. The fourth-order valence-electron chi connectivity index (χ4n) is 3.92. The maximum absolute atomic E-state index is 11.3. The van der Waals surface area contributed by atoms with E-state index in [0.717, 1.165) is 19.3 Å². The summed E-state index contributed by atoms with van der Waals surface area (Å²) in [7, 11) is 0. The number of fused-ring (bicyclic) bond motifs is 2. The van der Waals surface area contributed by atoms with E-state index in [4.69, 9.17) is 23.2 Å². The molecule has 2 rings (SSSR count). The van der Waals surface area contributed by atoms with E-state index < -0.39 is 21.3 Å². The van der Waals surface area contributed by atoms with Gasteiger partial charge in [0.05, 0.1) is 5.60 Å². The number of rotatable bonds is 2. The Hall–Kier alpha value is 0.01000. The maximum atomic E-state index is 11.3. The molecule has 0 radical (unpaired) electrons. The van der Waals surface area contributed by atoms with Crippen LogP contribution in [0.3, 0.4) is 0 Å². The van der Waals surface area contributed by atoms with Crippen LogP contribution < -0.4 is 0 Å². The first kappa shape index (κ1) is 13.4. The first-order valence-corrected chi connectivity index (χ1v) is 6.80. The van der Waals surface area contributed by atoms with Crippen LogP contribution in [0.1, 0.15) is 45.4 Å². The normalized spacial score (nSPS) is 42.2. The van der Waals surface area contributed by atoms with Gasteiger partial charge in [-0.15, -0.1) is 0 Å². The molecule has 0 spiro atoms. The van der Waals surface area contributed by atoms with Gasteiger partial charge in [0, 0.05) is 5.41 Å². The molecule has 0 saturated heterocycles. The first-order chi connectivity index (χ1) is 7.71. The third-order valence-corrected chi connectivity index (χ3v) is 5.49. The Balaban J connectivity index is 2.38. The third kappa shape index (κ3) is 2.06. The van der Waals surface area contributed by atoms with Crippen molar-refractivity contribution in [2.75, 3.05) is 0 Å². The summed E-state index contributed by atoms with van der Waals surface area (Å²) in [6.07, 6.45) is 4.00. The van der Waals surface area contributed by atoms with Crippen LogP contribution in [-0.2, 0) is 4.79 Å². The Morgan fingerprint density at radius 1 is 1.35 bits per heavy atom. The van der Waals surface area contributed by atoms with Gasteiger partial charge in [-0.2, -0.15) is 0 Å². The molecule has 3 nitrogen and oxygen atoms in total. The van der Waals surface area contributed by atoms with Crippen LogP contribution in [0.4, 0.5) is 0 Å². The maximum Gasteiger partial charge on any atom is 0.340 e.